The minimum absolute atomic E-state index is 0.0633. The predicted molar refractivity (Wildman–Crippen MR) is 188 cm³/mol. The van der Waals surface area contributed by atoms with E-state index in [0.29, 0.717) is 17.0 Å². The average molecular weight is 747 g/mol. The second kappa shape index (κ2) is 16.8. The summed E-state index contributed by atoms with van der Waals surface area (Å²) in [6, 6.07) is 18.7. The lowest BCUT2D eigenvalue weighted by Crippen LogP contribution is -2.23. The molecule has 0 radical (unpaired) electrons. The summed E-state index contributed by atoms with van der Waals surface area (Å²) in [6.07, 6.45) is 5.74. The van der Waals surface area contributed by atoms with Crippen molar-refractivity contribution in [3.05, 3.63) is 108 Å². The Kier molecular flexibility index (Phi) is 12.8. The standard InChI is InChI=1S/C20H22F2O3S.C19H20F2O3S/c21-17-7-10-19(20(22)11-17)16-5-8-18(9-6-16)26(24,25)13-15-3-1-14(12-23)2-4-15;20-16-5-8-18(19(21)10-16)15-3-6-17(7-4-15)25(23,24)12-14-2-1-13(9-14)11-22/h5-11,14-15,23H,1-4,12-13H2;3-8,10,13-14,22H,1-2,9,11-12H2/t;13-,14+/m.1/s1. The topological polar surface area (TPSA) is 109 Å². The molecule has 0 unspecified atom stereocenters. The van der Waals surface area contributed by atoms with Crippen molar-refractivity contribution in [1.29, 1.82) is 0 Å². The Labute approximate surface area is 297 Å². The van der Waals surface area contributed by atoms with Crippen LogP contribution in [0.2, 0.25) is 0 Å². The first-order chi connectivity index (χ1) is 24.3. The minimum atomic E-state index is -3.43. The first-order valence-electron chi connectivity index (χ1n) is 17.1. The highest BCUT2D eigenvalue weighted by Gasteiger charge is 2.29. The van der Waals surface area contributed by atoms with Crippen LogP contribution in [0.3, 0.4) is 0 Å². The smallest absolute Gasteiger partial charge is 0.178 e. The Bertz CT molecular complexity index is 1990. The van der Waals surface area contributed by atoms with Gasteiger partial charge in [-0.05, 0) is 128 Å². The molecule has 0 bridgehead atoms. The van der Waals surface area contributed by atoms with Crippen molar-refractivity contribution in [2.75, 3.05) is 24.7 Å². The fraction of sp³-hybridized carbons (Fsp3) is 0.385. The summed E-state index contributed by atoms with van der Waals surface area (Å²) in [6.45, 7) is 0.273. The van der Waals surface area contributed by atoms with Crippen molar-refractivity contribution >= 4 is 19.7 Å². The SMILES string of the molecule is O=S(=O)(CC1CCC(CO)CC1)c1ccc(-c2ccc(F)cc2F)cc1.O=S(=O)(C[C@H]1CC[C@@H](CO)C1)c1ccc(-c2ccc(F)cc2F)cc1. The first kappa shape index (κ1) is 38.6. The molecular weight excluding hydrogens is 705 g/mol. The number of rotatable bonds is 10. The monoisotopic (exact) mass is 746 g/mol. The van der Waals surface area contributed by atoms with E-state index in [1.807, 2.05) is 0 Å². The van der Waals surface area contributed by atoms with Crippen molar-refractivity contribution < 1.29 is 44.6 Å². The van der Waals surface area contributed by atoms with Gasteiger partial charge >= 0.3 is 0 Å². The van der Waals surface area contributed by atoms with Crippen molar-refractivity contribution in [3.8, 4) is 22.3 Å². The van der Waals surface area contributed by atoms with E-state index in [4.69, 9.17) is 0 Å². The summed E-state index contributed by atoms with van der Waals surface area (Å²) in [5.41, 5.74) is 1.46. The summed E-state index contributed by atoms with van der Waals surface area (Å²) < 4.78 is 104. The van der Waals surface area contributed by atoms with Crippen LogP contribution in [0.4, 0.5) is 17.6 Å². The molecule has 4 aromatic carbocycles. The highest BCUT2D eigenvalue weighted by Crippen LogP contribution is 2.34. The van der Waals surface area contributed by atoms with Crippen LogP contribution < -0.4 is 0 Å². The van der Waals surface area contributed by atoms with Gasteiger partial charge in [-0.3, -0.25) is 0 Å². The van der Waals surface area contributed by atoms with E-state index in [0.717, 1.165) is 57.1 Å². The number of sulfone groups is 2. The zero-order valence-corrected chi connectivity index (χ0v) is 29.7. The number of hydrogen-bond donors (Lipinski definition) is 2. The van der Waals surface area contributed by atoms with E-state index in [9.17, 15) is 44.6 Å². The molecule has 2 fully saturated rings. The lowest BCUT2D eigenvalue weighted by molar-refractivity contribution is 0.172. The second-order valence-corrected chi connectivity index (χ2v) is 17.7. The van der Waals surface area contributed by atoms with Gasteiger partial charge in [0.05, 0.1) is 21.3 Å². The van der Waals surface area contributed by atoms with Gasteiger partial charge in [0.25, 0.3) is 0 Å². The third-order valence-corrected chi connectivity index (χ3v) is 13.8. The molecule has 2 aliphatic carbocycles. The summed E-state index contributed by atoms with van der Waals surface area (Å²) in [5, 5.41) is 18.4. The highest BCUT2D eigenvalue weighted by atomic mass is 32.2. The lowest BCUT2D eigenvalue weighted by Gasteiger charge is -2.27. The van der Waals surface area contributed by atoms with Crippen molar-refractivity contribution in [1.82, 2.24) is 0 Å². The van der Waals surface area contributed by atoms with Crippen LogP contribution in [0.25, 0.3) is 22.3 Å². The van der Waals surface area contributed by atoms with Gasteiger partial charge in [-0.1, -0.05) is 24.3 Å². The van der Waals surface area contributed by atoms with Crippen LogP contribution >= 0.6 is 0 Å². The minimum Gasteiger partial charge on any atom is -0.396 e. The quantitative estimate of drug-likeness (QED) is 0.159. The molecule has 0 saturated heterocycles. The Hall–Kier alpha value is -3.58. The zero-order chi connectivity index (χ0) is 36.8. The van der Waals surface area contributed by atoms with Crippen molar-refractivity contribution in [2.45, 2.75) is 54.7 Å². The van der Waals surface area contributed by atoms with Gasteiger partial charge in [0.15, 0.2) is 19.7 Å². The molecule has 2 N–H and O–H groups in total. The maximum absolute atomic E-state index is 13.9. The third-order valence-electron chi connectivity index (χ3n) is 9.95. The molecule has 12 heteroatoms. The fourth-order valence-electron chi connectivity index (χ4n) is 7.02. The van der Waals surface area contributed by atoms with Crippen LogP contribution in [-0.2, 0) is 19.7 Å². The van der Waals surface area contributed by atoms with E-state index in [1.54, 1.807) is 12.1 Å². The fourth-order valence-corrected chi connectivity index (χ4v) is 10.4. The Morgan fingerprint density at radius 3 is 1.25 bits per heavy atom. The zero-order valence-electron chi connectivity index (χ0n) is 28.0. The Morgan fingerprint density at radius 2 is 0.863 bits per heavy atom. The second-order valence-electron chi connectivity index (χ2n) is 13.7. The molecule has 0 heterocycles. The maximum Gasteiger partial charge on any atom is 0.178 e. The molecule has 0 aliphatic heterocycles. The van der Waals surface area contributed by atoms with Gasteiger partial charge < -0.3 is 10.2 Å². The summed E-state index contributed by atoms with van der Waals surface area (Å²) in [4.78, 5) is 0.416. The molecule has 2 aliphatic rings. The van der Waals surface area contributed by atoms with E-state index >= 15 is 0 Å². The molecule has 6 rings (SSSR count). The van der Waals surface area contributed by atoms with E-state index in [-0.39, 0.29) is 63.4 Å². The molecule has 6 nitrogen and oxygen atoms in total. The van der Waals surface area contributed by atoms with Crippen LogP contribution in [0.5, 0.6) is 0 Å². The number of hydrogen-bond acceptors (Lipinski definition) is 6. The number of aliphatic hydroxyl groups excluding tert-OH is 2. The van der Waals surface area contributed by atoms with Crippen LogP contribution in [0.15, 0.2) is 94.7 Å². The van der Waals surface area contributed by atoms with Crippen molar-refractivity contribution in [3.63, 3.8) is 0 Å². The molecule has 2 saturated carbocycles. The number of benzene rings is 4. The Morgan fingerprint density at radius 1 is 0.490 bits per heavy atom. The molecule has 4 aromatic rings. The van der Waals surface area contributed by atoms with E-state index in [2.05, 4.69) is 0 Å². The molecule has 0 aromatic heterocycles. The van der Waals surface area contributed by atoms with Gasteiger partial charge in [0.2, 0.25) is 0 Å². The molecule has 0 amide bonds. The Balaban J connectivity index is 0.000000198. The normalized spacial score (nSPS) is 20.8. The molecular formula is C39H42F4O6S2. The van der Waals surface area contributed by atoms with Crippen LogP contribution in [0, 0.1) is 46.9 Å². The largest absolute Gasteiger partial charge is 0.396 e. The average Bonchev–Trinajstić information content (AvgIpc) is 3.56. The molecule has 274 valence electrons. The first-order valence-corrected chi connectivity index (χ1v) is 20.4. The summed E-state index contributed by atoms with van der Waals surface area (Å²) in [5.74, 6) is -1.85. The predicted octanol–water partition coefficient (Wildman–Crippen LogP) is 8.02. The van der Waals surface area contributed by atoms with Gasteiger partial charge in [0, 0.05) is 36.5 Å². The highest BCUT2D eigenvalue weighted by molar-refractivity contribution is 7.91. The summed E-state index contributed by atoms with van der Waals surface area (Å²) >= 11 is 0. The maximum atomic E-state index is 13.9. The third kappa shape index (κ3) is 10.1. The van der Waals surface area contributed by atoms with Gasteiger partial charge in [-0.2, -0.15) is 0 Å². The molecule has 2 atom stereocenters. The lowest BCUT2D eigenvalue weighted by atomic mass is 9.83. The van der Waals surface area contributed by atoms with Crippen molar-refractivity contribution in [2.24, 2.45) is 23.7 Å². The summed E-state index contributed by atoms with van der Waals surface area (Å²) in [7, 11) is -6.84. The number of aliphatic hydroxyl groups is 2. The van der Waals surface area contributed by atoms with Gasteiger partial charge in [-0.15, -0.1) is 0 Å². The molecule has 0 spiro atoms. The van der Waals surface area contributed by atoms with Crippen LogP contribution in [-0.4, -0.2) is 51.8 Å². The van der Waals surface area contributed by atoms with E-state index < -0.39 is 42.9 Å². The molecule has 51 heavy (non-hydrogen) atoms. The van der Waals surface area contributed by atoms with Crippen LogP contribution in [0.1, 0.15) is 44.9 Å². The van der Waals surface area contributed by atoms with Gasteiger partial charge in [-0.25, -0.2) is 34.4 Å². The van der Waals surface area contributed by atoms with E-state index in [1.165, 1.54) is 60.7 Å². The number of halogens is 4. The van der Waals surface area contributed by atoms with Gasteiger partial charge in [0.1, 0.15) is 23.3 Å².